The molecule has 0 fully saturated rings. The van der Waals surface area contributed by atoms with E-state index in [2.05, 4.69) is 25.6 Å². The lowest BCUT2D eigenvalue weighted by atomic mass is 10.2. The molecule has 0 aliphatic rings. The summed E-state index contributed by atoms with van der Waals surface area (Å²) in [4.78, 5) is 17.4. The summed E-state index contributed by atoms with van der Waals surface area (Å²) in [6.45, 7) is 4.06. The van der Waals surface area contributed by atoms with Gasteiger partial charge in [-0.15, -0.1) is 10.2 Å². The van der Waals surface area contributed by atoms with Gasteiger partial charge in [0.2, 0.25) is 10.1 Å². The molecule has 0 amide bonds. The first kappa shape index (κ1) is 18.1. The first-order chi connectivity index (χ1) is 13.1. The Bertz CT molecular complexity index is 1150. The minimum Gasteiger partial charge on any atom is -0.330 e. The molecule has 4 aromatic rings. The van der Waals surface area contributed by atoms with E-state index in [4.69, 9.17) is 0 Å². The Kier molecular flexibility index (Phi) is 5.19. The van der Waals surface area contributed by atoms with E-state index < -0.39 is 0 Å². The van der Waals surface area contributed by atoms with Crippen molar-refractivity contribution in [3.05, 3.63) is 57.0 Å². The lowest BCUT2D eigenvalue weighted by Gasteiger charge is -2.04. The molecule has 0 unspecified atom stereocenters. The molecule has 0 aliphatic heterocycles. The highest BCUT2D eigenvalue weighted by molar-refractivity contribution is 8.00. The van der Waals surface area contributed by atoms with E-state index in [1.807, 2.05) is 38.1 Å². The van der Waals surface area contributed by atoms with Crippen LogP contribution in [0, 0.1) is 6.92 Å². The minimum atomic E-state index is -0.147. The van der Waals surface area contributed by atoms with Gasteiger partial charge in [0.05, 0.1) is 5.69 Å². The fourth-order valence-corrected chi connectivity index (χ4v) is 4.91. The second kappa shape index (κ2) is 7.75. The average molecular weight is 417 g/mol. The monoisotopic (exact) mass is 416 g/mol. The molecular formula is C17H16N6OS3. The first-order valence-corrected chi connectivity index (χ1v) is 10.9. The molecule has 1 aromatic carbocycles. The van der Waals surface area contributed by atoms with E-state index in [-0.39, 0.29) is 5.56 Å². The zero-order valence-corrected chi connectivity index (χ0v) is 17.1. The van der Waals surface area contributed by atoms with Crippen molar-refractivity contribution in [2.24, 2.45) is 0 Å². The number of anilines is 2. The van der Waals surface area contributed by atoms with Crippen molar-refractivity contribution in [3.8, 4) is 0 Å². The van der Waals surface area contributed by atoms with Gasteiger partial charge in [-0.1, -0.05) is 59.6 Å². The van der Waals surface area contributed by atoms with Gasteiger partial charge < -0.3 is 5.32 Å². The van der Waals surface area contributed by atoms with Gasteiger partial charge in [0.15, 0.2) is 4.34 Å². The largest absolute Gasteiger partial charge is 0.330 e. The normalized spacial score (nSPS) is 11.2. The molecule has 0 bridgehead atoms. The van der Waals surface area contributed by atoms with Gasteiger partial charge in [0, 0.05) is 17.5 Å². The average Bonchev–Trinajstić information content (AvgIpc) is 3.28. The standard InChI is InChI=1S/C17H16N6OS3/c1-3-13-22-23-14(24)8-11(18-16(23)26-13)9-25-17-21-20-15(27-17)19-12-7-5-4-6-10(12)2/h4-8H,3,9H2,1-2H3,(H,19,20). The number of nitrogens with one attached hydrogen (secondary N) is 1. The number of para-hydroxylation sites is 1. The van der Waals surface area contributed by atoms with Crippen LogP contribution in [0.2, 0.25) is 0 Å². The third-order valence-corrected chi connectivity index (χ3v) is 6.84. The second-order valence-electron chi connectivity index (χ2n) is 5.73. The Morgan fingerprint density at radius 3 is 2.89 bits per heavy atom. The summed E-state index contributed by atoms with van der Waals surface area (Å²) in [6.07, 6.45) is 0.791. The molecule has 27 heavy (non-hydrogen) atoms. The van der Waals surface area contributed by atoms with Gasteiger partial charge in [-0.2, -0.15) is 9.61 Å². The van der Waals surface area contributed by atoms with Crippen molar-refractivity contribution in [2.45, 2.75) is 30.4 Å². The number of benzene rings is 1. The summed E-state index contributed by atoms with van der Waals surface area (Å²) in [7, 11) is 0. The second-order valence-corrected chi connectivity index (χ2v) is 8.97. The third-order valence-electron chi connectivity index (χ3n) is 3.78. The number of rotatable bonds is 6. The SMILES string of the molecule is CCc1nn2c(=O)cc(CSc3nnc(Nc4ccccc4C)s3)nc2s1. The van der Waals surface area contributed by atoms with Crippen molar-refractivity contribution in [3.63, 3.8) is 0 Å². The predicted molar refractivity (Wildman–Crippen MR) is 110 cm³/mol. The predicted octanol–water partition coefficient (Wildman–Crippen LogP) is 3.91. The Morgan fingerprint density at radius 1 is 1.22 bits per heavy atom. The quantitative estimate of drug-likeness (QED) is 0.477. The lowest BCUT2D eigenvalue weighted by Crippen LogP contribution is -2.15. The molecule has 0 aliphatic carbocycles. The number of thioether (sulfide) groups is 1. The molecule has 3 heterocycles. The highest BCUT2D eigenvalue weighted by atomic mass is 32.2. The number of aryl methyl sites for hydroxylation is 2. The van der Waals surface area contributed by atoms with E-state index in [1.54, 1.807) is 0 Å². The minimum absolute atomic E-state index is 0.147. The topological polar surface area (TPSA) is 85.1 Å². The van der Waals surface area contributed by atoms with Crippen LogP contribution in [0.1, 0.15) is 23.2 Å². The van der Waals surface area contributed by atoms with Gasteiger partial charge in [-0.3, -0.25) is 4.79 Å². The highest BCUT2D eigenvalue weighted by Crippen LogP contribution is 2.30. The fourth-order valence-electron chi connectivity index (χ4n) is 2.40. The van der Waals surface area contributed by atoms with E-state index in [0.29, 0.717) is 10.7 Å². The maximum atomic E-state index is 12.2. The van der Waals surface area contributed by atoms with Crippen LogP contribution in [0.3, 0.4) is 0 Å². The number of fused-ring (bicyclic) bond motifs is 1. The molecule has 10 heteroatoms. The zero-order valence-electron chi connectivity index (χ0n) is 14.7. The van der Waals surface area contributed by atoms with Crippen LogP contribution in [0.4, 0.5) is 10.8 Å². The van der Waals surface area contributed by atoms with E-state index in [0.717, 1.165) is 37.8 Å². The molecular weight excluding hydrogens is 400 g/mol. The summed E-state index contributed by atoms with van der Waals surface area (Å²) < 4.78 is 2.19. The Hall–Kier alpha value is -2.30. The molecule has 0 saturated carbocycles. The van der Waals surface area contributed by atoms with Gasteiger partial charge in [-0.05, 0) is 25.0 Å². The third kappa shape index (κ3) is 4.02. The van der Waals surface area contributed by atoms with Gasteiger partial charge in [-0.25, -0.2) is 4.98 Å². The first-order valence-electron chi connectivity index (χ1n) is 8.30. The van der Waals surface area contributed by atoms with Gasteiger partial charge >= 0.3 is 0 Å². The molecule has 3 aromatic heterocycles. The maximum Gasteiger partial charge on any atom is 0.275 e. The van der Waals surface area contributed by atoms with Crippen LogP contribution in [0.15, 0.2) is 39.5 Å². The van der Waals surface area contributed by atoms with Crippen LogP contribution in [-0.2, 0) is 12.2 Å². The molecule has 7 nitrogen and oxygen atoms in total. The lowest BCUT2D eigenvalue weighted by molar-refractivity contribution is 0.852. The van der Waals surface area contributed by atoms with Crippen molar-refractivity contribution in [2.75, 3.05) is 5.32 Å². The van der Waals surface area contributed by atoms with Crippen molar-refractivity contribution in [1.82, 2.24) is 24.8 Å². The summed E-state index contributed by atoms with van der Waals surface area (Å²) in [5.41, 5.74) is 2.74. The van der Waals surface area contributed by atoms with Gasteiger partial charge in [0.1, 0.15) is 5.01 Å². The zero-order chi connectivity index (χ0) is 18.8. The Labute approximate surface area is 167 Å². The summed E-state index contributed by atoms with van der Waals surface area (Å²) in [5, 5.41) is 17.6. The number of aromatic nitrogens is 5. The maximum absolute atomic E-state index is 12.2. The Balaban J connectivity index is 1.46. The summed E-state index contributed by atoms with van der Waals surface area (Å²) in [5.74, 6) is 0.560. The van der Waals surface area contributed by atoms with Crippen LogP contribution in [0.5, 0.6) is 0 Å². The highest BCUT2D eigenvalue weighted by Gasteiger charge is 2.11. The van der Waals surface area contributed by atoms with Crippen molar-refractivity contribution < 1.29 is 0 Å². The van der Waals surface area contributed by atoms with Crippen LogP contribution < -0.4 is 10.9 Å². The summed E-state index contributed by atoms with van der Waals surface area (Å²) in [6, 6.07) is 9.57. The van der Waals surface area contributed by atoms with Crippen LogP contribution in [0.25, 0.3) is 4.96 Å². The smallest absolute Gasteiger partial charge is 0.275 e. The van der Waals surface area contributed by atoms with E-state index >= 15 is 0 Å². The molecule has 138 valence electrons. The van der Waals surface area contributed by atoms with Crippen molar-refractivity contribution >= 4 is 50.2 Å². The number of hydrogen-bond donors (Lipinski definition) is 1. The van der Waals surface area contributed by atoms with Crippen LogP contribution >= 0.6 is 34.4 Å². The number of hydrogen-bond acceptors (Lipinski definition) is 9. The van der Waals surface area contributed by atoms with E-state index in [9.17, 15) is 4.79 Å². The molecule has 0 radical (unpaired) electrons. The fraction of sp³-hybridized carbons (Fsp3) is 0.235. The van der Waals surface area contributed by atoms with E-state index in [1.165, 1.54) is 45.0 Å². The van der Waals surface area contributed by atoms with Crippen LogP contribution in [-0.4, -0.2) is 24.8 Å². The molecule has 0 atom stereocenters. The summed E-state index contributed by atoms with van der Waals surface area (Å²) >= 11 is 4.45. The van der Waals surface area contributed by atoms with Gasteiger partial charge in [0.25, 0.3) is 5.56 Å². The molecule has 0 saturated heterocycles. The molecule has 0 spiro atoms. The number of nitrogens with zero attached hydrogens (tertiary/aromatic N) is 5. The Morgan fingerprint density at radius 2 is 2.07 bits per heavy atom. The molecule has 1 N–H and O–H groups in total. The molecule has 4 rings (SSSR count). The van der Waals surface area contributed by atoms with Crippen molar-refractivity contribution in [1.29, 1.82) is 0 Å².